The number of amides is 2. The Morgan fingerprint density at radius 1 is 1.03 bits per heavy atom. The van der Waals surface area contributed by atoms with Crippen LogP contribution in [0.4, 0.5) is 5.69 Å². The maximum absolute atomic E-state index is 13.7. The van der Waals surface area contributed by atoms with Gasteiger partial charge in [0.05, 0.1) is 11.9 Å². The molecular weight excluding hydrogens is 486 g/mol. The third-order valence-electron chi connectivity index (χ3n) is 5.98. The van der Waals surface area contributed by atoms with Gasteiger partial charge < -0.3 is 10.2 Å². The summed E-state index contributed by atoms with van der Waals surface area (Å²) in [4.78, 5) is 28.3. The average Bonchev–Trinajstić information content (AvgIpc) is 2.79. The lowest BCUT2D eigenvalue weighted by Crippen LogP contribution is -2.53. The molecule has 2 aromatic carbocycles. The zero-order valence-electron chi connectivity index (χ0n) is 21.3. The quantitative estimate of drug-likeness (QED) is 0.473. The van der Waals surface area contributed by atoms with Crippen LogP contribution in [0.3, 0.4) is 0 Å². The average molecular weight is 522 g/mol. The lowest BCUT2D eigenvalue weighted by atomic mass is 10.1. The molecule has 9 heteroatoms. The second-order valence-corrected chi connectivity index (χ2v) is 11.3. The summed E-state index contributed by atoms with van der Waals surface area (Å²) < 4.78 is 26.5. The second kappa shape index (κ2) is 12.4. The number of sulfonamides is 1. The van der Waals surface area contributed by atoms with Crippen molar-refractivity contribution < 1.29 is 18.0 Å². The molecule has 2 amide bonds. The summed E-state index contributed by atoms with van der Waals surface area (Å²) in [5, 5.41) is 3.32. The van der Waals surface area contributed by atoms with Gasteiger partial charge in [-0.3, -0.25) is 13.9 Å². The predicted molar refractivity (Wildman–Crippen MR) is 142 cm³/mol. The summed E-state index contributed by atoms with van der Waals surface area (Å²) in [6.07, 6.45) is 2.19. The first-order valence-electron chi connectivity index (χ1n) is 11.8. The fourth-order valence-electron chi connectivity index (χ4n) is 3.70. The molecule has 0 spiro atoms. The van der Waals surface area contributed by atoms with Crippen molar-refractivity contribution in [2.45, 2.75) is 66.1 Å². The molecule has 35 heavy (non-hydrogen) atoms. The standard InChI is InChI=1S/C26H36ClN3O4S/c1-7-20(5)28-26(32)23(8-2)29(16-21-12-9-18(3)10-13-21)25(31)17-30(35(6,33)34)24-15-22(27)14-11-19(24)4/h9-15,20,23H,7-8,16-17H2,1-6H3,(H,28,32)/t20-,23-/m1/s1. The monoisotopic (exact) mass is 521 g/mol. The maximum atomic E-state index is 13.7. The Hall–Kier alpha value is -2.58. The lowest BCUT2D eigenvalue weighted by molar-refractivity contribution is -0.140. The van der Waals surface area contributed by atoms with Gasteiger partial charge in [0.1, 0.15) is 12.6 Å². The summed E-state index contributed by atoms with van der Waals surface area (Å²) in [7, 11) is -3.81. The first-order valence-corrected chi connectivity index (χ1v) is 14.0. The number of nitrogens with one attached hydrogen (secondary N) is 1. The first kappa shape index (κ1) is 28.7. The number of rotatable bonds is 11. The lowest BCUT2D eigenvalue weighted by Gasteiger charge is -2.33. The maximum Gasteiger partial charge on any atom is 0.244 e. The Kier molecular flexibility index (Phi) is 10.2. The molecule has 0 bridgehead atoms. The Bertz CT molecular complexity index is 1140. The third kappa shape index (κ3) is 7.97. The number of hydrogen-bond acceptors (Lipinski definition) is 4. The fraction of sp³-hybridized carbons (Fsp3) is 0.462. The molecule has 0 heterocycles. The zero-order chi connectivity index (χ0) is 26.3. The molecule has 0 saturated heterocycles. The number of hydrogen-bond donors (Lipinski definition) is 1. The highest BCUT2D eigenvalue weighted by atomic mass is 35.5. The van der Waals surface area contributed by atoms with Crippen LogP contribution in [-0.4, -0.2) is 50.0 Å². The Morgan fingerprint density at radius 3 is 2.20 bits per heavy atom. The molecule has 2 aromatic rings. The van der Waals surface area contributed by atoms with Crippen LogP contribution in [0.15, 0.2) is 42.5 Å². The van der Waals surface area contributed by atoms with Crippen molar-refractivity contribution in [2.75, 3.05) is 17.1 Å². The van der Waals surface area contributed by atoms with Crippen molar-refractivity contribution in [3.63, 3.8) is 0 Å². The fourth-order valence-corrected chi connectivity index (χ4v) is 4.76. The van der Waals surface area contributed by atoms with Crippen molar-refractivity contribution in [1.29, 1.82) is 0 Å². The van der Waals surface area contributed by atoms with Crippen LogP contribution in [0.25, 0.3) is 0 Å². The molecule has 0 unspecified atom stereocenters. The van der Waals surface area contributed by atoms with Gasteiger partial charge in [-0.2, -0.15) is 0 Å². The molecule has 1 N–H and O–H groups in total. The van der Waals surface area contributed by atoms with Gasteiger partial charge in [-0.15, -0.1) is 0 Å². The van der Waals surface area contributed by atoms with Crippen LogP contribution in [0.1, 0.15) is 50.3 Å². The molecule has 0 aliphatic heterocycles. The summed E-state index contributed by atoms with van der Waals surface area (Å²) in [5.41, 5.74) is 2.93. The molecule has 0 aliphatic rings. The van der Waals surface area contributed by atoms with Gasteiger partial charge in [0, 0.05) is 17.6 Å². The smallest absolute Gasteiger partial charge is 0.244 e. The second-order valence-electron chi connectivity index (χ2n) is 8.95. The molecule has 192 valence electrons. The molecule has 0 radical (unpaired) electrons. The number of carbonyl (C=O) groups is 2. The van der Waals surface area contributed by atoms with Gasteiger partial charge in [-0.05, 0) is 56.9 Å². The molecule has 2 rings (SSSR count). The van der Waals surface area contributed by atoms with Crippen molar-refractivity contribution in [3.8, 4) is 0 Å². The van der Waals surface area contributed by atoms with Crippen LogP contribution in [-0.2, 0) is 26.2 Å². The van der Waals surface area contributed by atoms with Crippen LogP contribution < -0.4 is 9.62 Å². The van der Waals surface area contributed by atoms with Crippen LogP contribution >= 0.6 is 11.6 Å². The van der Waals surface area contributed by atoms with E-state index in [4.69, 9.17) is 11.6 Å². The molecule has 0 aliphatic carbocycles. The minimum absolute atomic E-state index is 0.0468. The minimum atomic E-state index is -3.81. The van der Waals surface area contributed by atoms with Gasteiger partial charge in [-0.25, -0.2) is 8.42 Å². The van der Waals surface area contributed by atoms with Crippen molar-refractivity contribution in [1.82, 2.24) is 10.2 Å². The van der Waals surface area contributed by atoms with Gasteiger partial charge in [0.25, 0.3) is 0 Å². The normalized spacial score (nSPS) is 13.1. The molecule has 0 saturated carbocycles. The van der Waals surface area contributed by atoms with Crippen molar-refractivity contribution in [3.05, 3.63) is 64.2 Å². The van der Waals surface area contributed by atoms with E-state index >= 15 is 0 Å². The predicted octanol–water partition coefficient (Wildman–Crippen LogP) is 4.44. The van der Waals surface area contributed by atoms with Crippen molar-refractivity contribution in [2.24, 2.45) is 0 Å². The van der Waals surface area contributed by atoms with E-state index in [0.717, 1.165) is 28.1 Å². The van der Waals surface area contributed by atoms with E-state index in [0.29, 0.717) is 22.7 Å². The van der Waals surface area contributed by atoms with Crippen LogP contribution in [0.2, 0.25) is 5.02 Å². The molecular formula is C26H36ClN3O4S. The highest BCUT2D eigenvalue weighted by Gasteiger charge is 2.32. The van der Waals surface area contributed by atoms with Crippen molar-refractivity contribution >= 4 is 39.1 Å². The molecule has 2 atom stereocenters. The van der Waals surface area contributed by atoms with E-state index in [1.165, 1.54) is 11.0 Å². The highest BCUT2D eigenvalue weighted by Crippen LogP contribution is 2.27. The van der Waals surface area contributed by atoms with E-state index in [2.05, 4.69) is 5.32 Å². The SMILES string of the molecule is CC[C@@H](C)NC(=O)[C@@H](CC)N(Cc1ccc(C)cc1)C(=O)CN(c1cc(Cl)ccc1C)S(C)(=O)=O. The highest BCUT2D eigenvalue weighted by molar-refractivity contribution is 7.92. The largest absolute Gasteiger partial charge is 0.352 e. The van der Waals surface area contributed by atoms with Crippen LogP contribution in [0.5, 0.6) is 0 Å². The zero-order valence-corrected chi connectivity index (χ0v) is 22.9. The van der Waals surface area contributed by atoms with E-state index < -0.39 is 28.5 Å². The minimum Gasteiger partial charge on any atom is -0.352 e. The number of benzene rings is 2. The van der Waals surface area contributed by atoms with E-state index in [1.54, 1.807) is 19.1 Å². The topological polar surface area (TPSA) is 86.8 Å². The number of nitrogens with zero attached hydrogens (tertiary/aromatic N) is 2. The first-order chi connectivity index (χ1) is 16.4. The van der Waals surface area contributed by atoms with Gasteiger partial charge >= 0.3 is 0 Å². The third-order valence-corrected chi connectivity index (χ3v) is 7.34. The van der Waals surface area contributed by atoms with Gasteiger partial charge in [-0.1, -0.05) is 61.3 Å². The Balaban J connectivity index is 2.47. The number of aryl methyl sites for hydroxylation is 2. The van der Waals surface area contributed by atoms with Crippen LogP contribution in [0, 0.1) is 13.8 Å². The summed E-state index contributed by atoms with van der Waals surface area (Å²) >= 11 is 6.14. The van der Waals surface area contributed by atoms with E-state index in [9.17, 15) is 18.0 Å². The number of carbonyl (C=O) groups excluding carboxylic acids is 2. The summed E-state index contributed by atoms with van der Waals surface area (Å²) in [6.45, 7) is 9.18. The van der Waals surface area contributed by atoms with E-state index in [1.807, 2.05) is 52.0 Å². The van der Waals surface area contributed by atoms with Gasteiger partial charge in [0.15, 0.2) is 0 Å². The number of halogens is 1. The Morgan fingerprint density at radius 2 is 1.66 bits per heavy atom. The van der Waals surface area contributed by atoms with Gasteiger partial charge in [0.2, 0.25) is 21.8 Å². The Labute approximate surface area is 214 Å². The van der Waals surface area contributed by atoms with E-state index in [-0.39, 0.29) is 18.5 Å². The summed E-state index contributed by atoms with van der Waals surface area (Å²) in [6, 6.07) is 11.8. The summed E-state index contributed by atoms with van der Waals surface area (Å²) in [5.74, 6) is -0.728. The molecule has 7 nitrogen and oxygen atoms in total. The number of anilines is 1. The molecule has 0 aromatic heterocycles. The molecule has 0 fully saturated rings.